The average Bonchev–Trinajstić information content (AvgIpc) is 2.81. The predicted octanol–water partition coefficient (Wildman–Crippen LogP) is 2.64. The first-order chi connectivity index (χ1) is 7.33. The summed E-state index contributed by atoms with van der Waals surface area (Å²) in [6.07, 6.45) is 2.05. The summed E-state index contributed by atoms with van der Waals surface area (Å²) in [5.41, 5.74) is 1.97. The van der Waals surface area contributed by atoms with Gasteiger partial charge in [0.1, 0.15) is 6.29 Å². The van der Waals surface area contributed by atoms with E-state index in [4.69, 9.17) is 4.74 Å². The SMILES string of the molecule is CC(c1ccccc1C=O)C1CCOC1. The van der Waals surface area contributed by atoms with Gasteiger partial charge in [-0.15, -0.1) is 0 Å². The zero-order valence-corrected chi connectivity index (χ0v) is 8.98. The number of benzene rings is 1. The Bertz CT molecular complexity index is 340. The number of rotatable bonds is 3. The summed E-state index contributed by atoms with van der Waals surface area (Å²) in [5, 5.41) is 0. The van der Waals surface area contributed by atoms with Gasteiger partial charge in [-0.3, -0.25) is 4.79 Å². The summed E-state index contributed by atoms with van der Waals surface area (Å²) in [6.45, 7) is 3.87. The van der Waals surface area contributed by atoms with Crippen molar-refractivity contribution in [2.75, 3.05) is 13.2 Å². The highest BCUT2D eigenvalue weighted by molar-refractivity contribution is 5.77. The molecule has 2 rings (SSSR count). The largest absolute Gasteiger partial charge is 0.381 e. The van der Waals surface area contributed by atoms with Crippen LogP contribution in [-0.2, 0) is 4.74 Å². The first-order valence-corrected chi connectivity index (χ1v) is 5.44. The highest BCUT2D eigenvalue weighted by atomic mass is 16.5. The van der Waals surface area contributed by atoms with Crippen LogP contribution < -0.4 is 0 Å². The van der Waals surface area contributed by atoms with E-state index in [0.29, 0.717) is 11.8 Å². The van der Waals surface area contributed by atoms with Crippen LogP contribution in [0.25, 0.3) is 0 Å². The van der Waals surface area contributed by atoms with E-state index in [1.165, 1.54) is 0 Å². The van der Waals surface area contributed by atoms with Crippen molar-refractivity contribution in [1.29, 1.82) is 0 Å². The number of aldehydes is 1. The van der Waals surface area contributed by atoms with Crippen molar-refractivity contribution in [3.8, 4) is 0 Å². The van der Waals surface area contributed by atoms with Gasteiger partial charge >= 0.3 is 0 Å². The zero-order chi connectivity index (χ0) is 10.7. The number of hydrogen-bond acceptors (Lipinski definition) is 2. The Morgan fingerprint density at radius 1 is 1.47 bits per heavy atom. The van der Waals surface area contributed by atoms with Crippen molar-refractivity contribution in [2.45, 2.75) is 19.3 Å². The van der Waals surface area contributed by atoms with E-state index >= 15 is 0 Å². The van der Waals surface area contributed by atoms with Crippen LogP contribution >= 0.6 is 0 Å². The van der Waals surface area contributed by atoms with E-state index in [9.17, 15) is 4.79 Å². The Balaban J connectivity index is 2.23. The van der Waals surface area contributed by atoms with Crippen LogP contribution in [0.1, 0.15) is 35.2 Å². The van der Waals surface area contributed by atoms with Gasteiger partial charge in [-0.05, 0) is 23.8 Å². The molecule has 2 heteroatoms. The van der Waals surface area contributed by atoms with Crippen molar-refractivity contribution < 1.29 is 9.53 Å². The van der Waals surface area contributed by atoms with Gasteiger partial charge < -0.3 is 4.74 Å². The van der Waals surface area contributed by atoms with Gasteiger partial charge in [-0.1, -0.05) is 31.2 Å². The maximum absolute atomic E-state index is 10.9. The van der Waals surface area contributed by atoms with E-state index < -0.39 is 0 Å². The molecular weight excluding hydrogens is 188 g/mol. The molecule has 0 radical (unpaired) electrons. The molecule has 0 bridgehead atoms. The summed E-state index contributed by atoms with van der Waals surface area (Å²) < 4.78 is 5.38. The number of carbonyl (C=O) groups excluding carboxylic acids is 1. The second-order valence-corrected chi connectivity index (χ2v) is 4.16. The molecule has 0 amide bonds. The van der Waals surface area contributed by atoms with Crippen LogP contribution in [0.5, 0.6) is 0 Å². The normalized spacial score (nSPS) is 22.6. The lowest BCUT2D eigenvalue weighted by Crippen LogP contribution is -2.11. The van der Waals surface area contributed by atoms with Crippen LogP contribution in [-0.4, -0.2) is 19.5 Å². The molecule has 1 heterocycles. The maximum atomic E-state index is 10.9. The fraction of sp³-hybridized carbons (Fsp3) is 0.462. The number of hydrogen-bond donors (Lipinski definition) is 0. The quantitative estimate of drug-likeness (QED) is 0.707. The molecule has 0 saturated carbocycles. The molecule has 2 nitrogen and oxygen atoms in total. The number of ether oxygens (including phenoxy) is 1. The highest BCUT2D eigenvalue weighted by Crippen LogP contribution is 2.31. The van der Waals surface area contributed by atoms with E-state index in [2.05, 4.69) is 6.92 Å². The topological polar surface area (TPSA) is 26.3 Å². The first-order valence-electron chi connectivity index (χ1n) is 5.44. The molecular formula is C13H16O2. The second kappa shape index (κ2) is 4.58. The smallest absolute Gasteiger partial charge is 0.150 e. The van der Waals surface area contributed by atoms with Gasteiger partial charge in [0.15, 0.2) is 0 Å². The summed E-state index contributed by atoms with van der Waals surface area (Å²) in [4.78, 5) is 10.9. The lowest BCUT2D eigenvalue weighted by Gasteiger charge is -2.19. The summed E-state index contributed by atoms with van der Waals surface area (Å²) in [7, 11) is 0. The molecule has 2 atom stereocenters. The Morgan fingerprint density at radius 3 is 2.93 bits per heavy atom. The monoisotopic (exact) mass is 204 g/mol. The first kappa shape index (κ1) is 10.4. The van der Waals surface area contributed by atoms with Gasteiger partial charge in [-0.2, -0.15) is 0 Å². The van der Waals surface area contributed by atoms with Crippen LogP contribution in [0.15, 0.2) is 24.3 Å². The third-order valence-electron chi connectivity index (χ3n) is 3.29. The Kier molecular flexibility index (Phi) is 3.17. The summed E-state index contributed by atoms with van der Waals surface area (Å²) >= 11 is 0. The van der Waals surface area contributed by atoms with Crippen LogP contribution in [0.3, 0.4) is 0 Å². The lowest BCUT2D eigenvalue weighted by atomic mass is 9.85. The Labute approximate surface area is 90.3 Å². The molecule has 1 aliphatic rings. The molecule has 15 heavy (non-hydrogen) atoms. The van der Waals surface area contributed by atoms with E-state index in [-0.39, 0.29) is 0 Å². The van der Waals surface area contributed by atoms with Crippen molar-refractivity contribution in [3.63, 3.8) is 0 Å². The Hall–Kier alpha value is -1.15. The van der Waals surface area contributed by atoms with Crippen molar-refractivity contribution in [1.82, 2.24) is 0 Å². The minimum Gasteiger partial charge on any atom is -0.381 e. The predicted molar refractivity (Wildman–Crippen MR) is 59.2 cm³/mol. The van der Waals surface area contributed by atoms with E-state index in [1.807, 2.05) is 24.3 Å². The molecule has 1 aromatic carbocycles. The fourth-order valence-electron chi connectivity index (χ4n) is 2.23. The molecule has 0 aliphatic carbocycles. The zero-order valence-electron chi connectivity index (χ0n) is 8.98. The highest BCUT2D eigenvalue weighted by Gasteiger charge is 2.24. The van der Waals surface area contributed by atoms with Crippen LogP contribution in [0.2, 0.25) is 0 Å². The fourth-order valence-corrected chi connectivity index (χ4v) is 2.23. The molecule has 0 aromatic heterocycles. The molecule has 1 saturated heterocycles. The molecule has 80 valence electrons. The van der Waals surface area contributed by atoms with Crippen molar-refractivity contribution in [3.05, 3.63) is 35.4 Å². The standard InChI is InChI=1S/C13H16O2/c1-10(12-6-7-15-9-12)13-5-3-2-4-11(13)8-14/h2-5,8,10,12H,6-7,9H2,1H3. The average molecular weight is 204 g/mol. The maximum Gasteiger partial charge on any atom is 0.150 e. The minimum absolute atomic E-state index is 0.411. The second-order valence-electron chi connectivity index (χ2n) is 4.16. The molecule has 1 fully saturated rings. The van der Waals surface area contributed by atoms with Crippen LogP contribution in [0, 0.1) is 5.92 Å². The van der Waals surface area contributed by atoms with Gasteiger partial charge in [0.2, 0.25) is 0 Å². The molecule has 1 aliphatic heterocycles. The van der Waals surface area contributed by atoms with Crippen LogP contribution in [0.4, 0.5) is 0 Å². The molecule has 2 unspecified atom stereocenters. The van der Waals surface area contributed by atoms with Crippen molar-refractivity contribution in [2.24, 2.45) is 5.92 Å². The molecule has 1 aromatic rings. The number of carbonyl (C=O) groups is 1. The van der Waals surface area contributed by atoms with Crippen molar-refractivity contribution >= 4 is 6.29 Å². The Morgan fingerprint density at radius 2 is 2.27 bits per heavy atom. The molecule has 0 N–H and O–H groups in total. The van der Waals surface area contributed by atoms with E-state index in [1.54, 1.807) is 0 Å². The third kappa shape index (κ3) is 2.10. The van der Waals surface area contributed by atoms with Gasteiger partial charge in [-0.25, -0.2) is 0 Å². The summed E-state index contributed by atoms with van der Waals surface area (Å²) in [6, 6.07) is 7.83. The molecule has 0 spiro atoms. The van der Waals surface area contributed by atoms with E-state index in [0.717, 1.165) is 37.0 Å². The minimum atomic E-state index is 0.411. The van der Waals surface area contributed by atoms with Gasteiger partial charge in [0, 0.05) is 12.2 Å². The lowest BCUT2D eigenvalue weighted by molar-refractivity contribution is 0.112. The van der Waals surface area contributed by atoms with Gasteiger partial charge in [0.25, 0.3) is 0 Å². The van der Waals surface area contributed by atoms with Gasteiger partial charge in [0.05, 0.1) is 6.61 Å². The third-order valence-corrected chi connectivity index (χ3v) is 3.29. The summed E-state index contributed by atoms with van der Waals surface area (Å²) in [5.74, 6) is 0.972.